The molecule has 7 heteroatoms. The van der Waals surface area contributed by atoms with E-state index in [1.807, 2.05) is 48.6 Å². The third kappa shape index (κ3) is 6.05. The maximum Gasteiger partial charge on any atom is 0.185 e. The predicted octanol–water partition coefficient (Wildman–Crippen LogP) is 4.48. The van der Waals surface area contributed by atoms with Crippen molar-refractivity contribution in [3.63, 3.8) is 0 Å². The van der Waals surface area contributed by atoms with Crippen LogP contribution in [0.15, 0.2) is 47.5 Å². The SMILES string of the molecule is COc1cc(/C=C2\CCC/C(=C\c3ccc(OCC4CO4)c(OC)c3)C2=O)ccc1OCC1CO1. The Kier molecular flexibility index (Phi) is 7.06. The average Bonchev–Trinajstić information content (AvgIpc) is 3.80. The van der Waals surface area contributed by atoms with Gasteiger partial charge in [0.25, 0.3) is 0 Å². The van der Waals surface area contributed by atoms with Crippen LogP contribution in [0.25, 0.3) is 12.2 Å². The number of hydrogen-bond acceptors (Lipinski definition) is 7. The number of Topliss-reactive ketones (excluding diaryl/α,β-unsaturated/α-hetero) is 1. The minimum atomic E-state index is 0.0756. The van der Waals surface area contributed by atoms with Gasteiger partial charge in [-0.2, -0.15) is 0 Å². The van der Waals surface area contributed by atoms with Gasteiger partial charge in [0.05, 0.1) is 27.4 Å². The van der Waals surface area contributed by atoms with E-state index in [1.165, 1.54) is 0 Å². The van der Waals surface area contributed by atoms with Crippen LogP contribution in [0.4, 0.5) is 0 Å². The lowest BCUT2D eigenvalue weighted by molar-refractivity contribution is -0.112. The van der Waals surface area contributed by atoms with Crippen molar-refractivity contribution < 1.29 is 33.2 Å². The summed E-state index contributed by atoms with van der Waals surface area (Å²) in [7, 11) is 3.23. The molecule has 2 aromatic rings. The Morgan fingerprint density at radius 3 is 1.63 bits per heavy atom. The highest BCUT2D eigenvalue weighted by molar-refractivity contribution is 6.14. The van der Waals surface area contributed by atoms with Gasteiger partial charge in [0.15, 0.2) is 28.8 Å². The molecule has 35 heavy (non-hydrogen) atoms. The van der Waals surface area contributed by atoms with Gasteiger partial charge in [-0.15, -0.1) is 0 Å². The molecule has 7 nitrogen and oxygen atoms in total. The third-order valence-corrected chi connectivity index (χ3v) is 6.19. The molecule has 0 radical (unpaired) electrons. The minimum absolute atomic E-state index is 0.0756. The molecule has 3 aliphatic rings. The molecule has 2 heterocycles. The Morgan fingerprint density at radius 1 is 0.771 bits per heavy atom. The second kappa shape index (κ2) is 10.5. The Morgan fingerprint density at radius 2 is 1.23 bits per heavy atom. The van der Waals surface area contributed by atoms with E-state index in [2.05, 4.69) is 0 Å². The first kappa shape index (κ1) is 23.5. The Bertz CT molecular complexity index is 1050. The normalized spacial score (nSPS) is 23.3. The van der Waals surface area contributed by atoms with E-state index in [1.54, 1.807) is 14.2 Å². The summed E-state index contributed by atoms with van der Waals surface area (Å²) < 4.78 is 33.0. The van der Waals surface area contributed by atoms with Crippen LogP contribution >= 0.6 is 0 Å². The zero-order valence-corrected chi connectivity index (χ0v) is 20.1. The van der Waals surface area contributed by atoms with Crippen molar-refractivity contribution in [1.29, 1.82) is 0 Å². The monoisotopic (exact) mass is 478 g/mol. The topological polar surface area (TPSA) is 79.0 Å². The van der Waals surface area contributed by atoms with Crippen molar-refractivity contribution in [2.24, 2.45) is 0 Å². The number of hydrogen-bond donors (Lipinski definition) is 0. The van der Waals surface area contributed by atoms with Crippen LogP contribution in [-0.4, -0.2) is 58.6 Å². The molecule has 2 aromatic carbocycles. The van der Waals surface area contributed by atoms with Gasteiger partial charge in [0, 0.05) is 11.1 Å². The molecular weight excluding hydrogens is 448 g/mol. The summed E-state index contributed by atoms with van der Waals surface area (Å²) >= 11 is 0. The first-order valence-electron chi connectivity index (χ1n) is 11.9. The number of methoxy groups -OCH3 is 2. The van der Waals surface area contributed by atoms with Gasteiger partial charge in [0.2, 0.25) is 0 Å². The Balaban J connectivity index is 1.31. The molecule has 0 bridgehead atoms. The Hall–Kier alpha value is -3.29. The molecular formula is C28H30O7. The molecule has 2 aliphatic heterocycles. The highest BCUT2D eigenvalue weighted by Gasteiger charge is 2.25. The molecule has 1 aliphatic carbocycles. The summed E-state index contributed by atoms with van der Waals surface area (Å²) in [6.07, 6.45) is 6.65. The first-order chi connectivity index (χ1) is 17.1. The van der Waals surface area contributed by atoms with Crippen LogP contribution in [0.1, 0.15) is 30.4 Å². The van der Waals surface area contributed by atoms with Crippen molar-refractivity contribution >= 4 is 17.9 Å². The molecule has 0 N–H and O–H groups in total. The van der Waals surface area contributed by atoms with Crippen LogP contribution in [-0.2, 0) is 14.3 Å². The number of epoxide rings is 2. The summed E-state index contributed by atoms with van der Waals surface area (Å²) in [5.41, 5.74) is 3.40. The number of rotatable bonds is 10. The van der Waals surface area contributed by atoms with Crippen LogP contribution in [0.3, 0.4) is 0 Å². The number of allylic oxidation sites excluding steroid dienone is 2. The zero-order valence-electron chi connectivity index (χ0n) is 20.1. The fraction of sp³-hybridized carbons (Fsp3) is 0.393. The van der Waals surface area contributed by atoms with Crippen molar-refractivity contribution in [3.05, 3.63) is 58.7 Å². The van der Waals surface area contributed by atoms with E-state index >= 15 is 0 Å². The lowest BCUT2D eigenvalue weighted by Crippen LogP contribution is -2.12. The molecule has 0 aromatic heterocycles. The maximum atomic E-state index is 13.3. The van der Waals surface area contributed by atoms with E-state index in [9.17, 15) is 4.79 Å². The minimum Gasteiger partial charge on any atom is -0.493 e. The second-order valence-corrected chi connectivity index (χ2v) is 8.88. The zero-order chi connectivity index (χ0) is 24.2. The van der Waals surface area contributed by atoms with Gasteiger partial charge in [-0.1, -0.05) is 12.1 Å². The summed E-state index contributed by atoms with van der Waals surface area (Å²) in [6.45, 7) is 2.50. The van der Waals surface area contributed by atoms with Crippen LogP contribution in [0, 0.1) is 0 Å². The maximum absolute atomic E-state index is 13.3. The molecule has 2 atom stereocenters. The Labute approximate surface area is 205 Å². The number of benzene rings is 2. The third-order valence-electron chi connectivity index (χ3n) is 6.19. The summed E-state index contributed by atoms with van der Waals surface area (Å²) in [5.74, 6) is 2.70. The lowest BCUT2D eigenvalue weighted by Gasteiger charge is -2.17. The van der Waals surface area contributed by atoms with Crippen LogP contribution in [0.2, 0.25) is 0 Å². The van der Waals surface area contributed by atoms with Gasteiger partial charge < -0.3 is 28.4 Å². The fourth-order valence-electron chi connectivity index (χ4n) is 4.06. The average molecular weight is 479 g/mol. The van der Waals surface area contributed by atoms with Gasteiger partial charge in [-0.25, -0.2) is 0 Å². The number of carbonyl (C=O) groups is 1. The van der Waals surface area contributed by atoms with Crippen LogP contribution < -0.4 is 18.9 Å². The molecule has 184 valence electrons. The van der Waals surface area contributed by atoms with Crippen molar-refractivity contribution in [2.45, 2.75) is 31.5 Å². The number of ketones is 1. The van der Waals surface area contributed by atoms with Crippen molar-refractivity contribution in [2.75, 3.05) is 40.6 Å². The lowest BCUT2D eigenvalue weighted by atomic mass is 9.87. The van der Waals surface area contributed by atoms with Crippen molar-refractivity contribution in [1.82, 2.24) is 0 Å². The van der Waals surface area contributed by atoms with E-state index in [0.717, 1.165) is 54.7 Å². The molecule has 2 unspecified atom stereocenters. The van der Waals surface area contributed by atoms with Crippen molar-refractivity contribution in [3.8, 4) is 23.0 Å². The van der Waals surface area contributed by atoms with Crippen LogP contribution in [0.5, 0.6) is 23.0 Å². The summed E-state index contributed by atoms with van der Waals surface area (Å²) in [5, 5.41) is 0. The second-order valence-electron chi connectivity index (χ2n) is 8.88. The van der Waals surface area contributed by atoms with E-state index in [-0.39, 0.29) is 18.0 Å². The predicted molar refractivity (Wildman–Crippen MR) is 131 cm³/mol. The standard InChI is InChI=1S/C28H30O7/c1-30-26-12-18(6-8-24(26)34-16-22-14-32-22)10-20-4-3-5-21(28(20)29)11-19-7-9-25(27(13-19)31-2)35-17-23-15-33-23/h6-13,22-23H,3-5,14-17H2,1-2H3/b20-10+,21-11+. The summed E-state index contributed by atoms with van der Waals surface area (Å²) in [4.78, 5) is 13.3. The fourth-order valence-corrected chi connectivity index (χ4v) is 4.06. The molecule has 0 amide bonds. The van der Waals surface area contributed by atoms with Gasteiger partial charge in [0.1, 0.15) is 25.4 Å². The van der Waals surface area contributed by atoms with E-state index in [0.29, 0.717) is 36.2 Å². The van der Waals surface area contributed by atoms with Gasteiger partial charge in [-0.3, -0.25) is 4.79 Å². The number of carbonyl (C=O) groups excluding carboxylic acids is 1. The van der Waals surface area contributed by atoms with Gasteiger partial charge in [-0.05, 0) is 66.8 Å². The highest BCUT2D eigenvalue weighted by atomic mass is 16.6. The molecule has 1 saturated carbocycles. The first-order valence-corrected chi connectivity index (χ1v) is 11.9. The van der Waals surface area contributed by atoms with E-state index < -0.39 is 0 Å². The quantitative estimate of drug-likeness (QED) is 0.368. The molecule has 3 fully saturated rings. The summed E-state index contributed by atoms with van der Waals surface area (Å²) in [6, 6.07) is 11.4. The highest BCUT2D eigenvalue weighted by Crippen LogP contribution is 2.34. The molecule has 0 spiro atoms. The smallest absolute Gasteiger partial charge is 0.185 e. The molecule has 5 rings (SSSR count). The van der Waals surface area contributed by atoms with Gasteiger partial charge >= 0.3 is 0 Å². The van der Waals surface area contributed by atoms with E-state index in [4.69, 9.17) is 28.4 Å². The molecule has 2 saturated heterocycles. The largest absolute Gasteiger partial charge is 0.493 e. The number of ether oxygens (including phenoxy) is 6.